The minimum Gasteiger partial charge on any atom is -0.354 e. The third-order valence-corrected chi connectivity index (χ3v) is 4.80. The van der Waals surface area contributed by atoms with Crippen molar-refractivity contribution < 1.29 is 4.79 Å². The normalized spacial score (nSPS) is 19.5. The summed E-state index contributed by atoms with van der Waals surface area (Å²) in [5.74, 6) is 0.114. The number of nitrogens with one attached hydrogen (secondary N) is 2. The number of rotatable bonds is 4. The Bertz CT molecular complexity index is 697. The Balaban J connectivity index is 0.00000208. The van der Waals surface area contributed by atoms with Gasteiger partial charge in [0.25, 0.3) is 0 Å². The topological polar surface area (TPSA) is 54.0 Å². The quantitative estimate of drug-likeness (QED) is 0.893. The van der Waals surface area contributed by atoms with Gasteiger partial charge in [0.15, 0.2) is 0 Å². The minimum atomic E-state index is -0.0955. The molecule has 1 fully saturated rings. The van der Waals surface area contributed by atoms with Crippen LogP contribution in [0.5, 0.6) is 0 Å². The average Bonchev–Trinajstić information content (AvgIpc) is 2.54. The second-order valence-corrected chi connectivity index (χ2v) is 7.01. The molecule has 1 amide bonds. The molecule has 0 spiro atoms. The first-order valence-corrected chi connectivity index (χ1v) is 8.42. The molecular weight excluding hydrogens is 322 g/mol. The summed E-state index contributed by atoms with van der Waals surface area (Å²) in [7, 11) is 0. The van der Waals surface area contributed by atoms with E-state index in [9.17, 15) is 4.79 Å². The molecule has 2 aromatic rings. The van der Waals surface area contributed by atoms with Crippen molar-refractivity contribution in [1.82, 2.24) is 15.6 Å². The molecule has 3 rings (SSSR count). The van der Waals surface area contributed by atoms with Crippen molar-refractivity contribution in [2.45, 2.75) is 39.2 Å². The van der Waals surface area contributed by atoms with E-state index in [1.54, 1.807) is 0 Å². The van der Waals surface area contributed by atoms with Crippen molar-refractivity contribution in [2.75, 3.05) is 13.1 Å². The summed E-state index contributed by atoms with van der Waals surface area (Å²) in [6.45, 7) is 5.90. The van der Waals surface area contributed by atoms with E-state index in [2.05, 4.69) is 47.7 Å². The zero-order valence-corrected chi connectivity index (χ0v) is 15.2. The molecule has 2 N–H and O–H groups in total. The highest BCUT2D eigenvalue weighted by Crippen LogP contribution is 2.30. The van der Waals surface area contributed by atoms with Crippen LogP contribution in [0.4, 0.5) is 0 Å². The van der Waals surface area contributed by atoms with E-state index >= 15 is 0 Å². The van der Waals surface area contributed by atoms with Gasteiger partial charge in [-0.2, -0.15) is 0 Å². The van der Waals surface area contributed by atoms with Crippen molar-refractivity contribution in [3.8, 4) is 0 Å². The Morgan fingerprint density at radius 3 is 2.92 bits per heavy atom. The number of hydrogen-bond donors (Lipinski definition) is 2. The zero-order valence-electron chi connectivity index (χ0n) is 14.3. The lowest BCUT2D eigenvalue weighted by atomic mass is 9.77. The Morgan fingerprint density at radius 2 is 2.12 bits per heavy atom. The molecule has 0 bridgehead atoms. The van der Waals surface area contributed by atoms with Crippen molar-refractivity contribution in [1.29, 1.82) is 0 Å². The first-order valence-electron chi connectivity index (χ1n) is 8.42. The molecule has 1 aliphatic heterocycles. The summed E-state index contributed by atoms with van der Waals surface area (Å²) < 4.78 is 0. The molecule has 1 aromatic heterocycles. The van der Waals surface area contributed by atoms with Crippen LogP contribution in [0.25, 0.3) is 10.9 Å². The molecule has 5 heteroatoms. The fraction of sp³-hybridized carbons (Fsp3) is 0.474. The number of amides is 1. The SMILES string of the molecule is CC1(C)CCCNC1C(=O)NCCc1cccc2cccnc12.Cl. The first kappa shape index (κ1) is 18.7. The van der Waals surface area contributed by atoms with Crippen LogP contribution in [0.15, 0.2) is 36.5 Å². The maximum Gasteiger partial charge on any atom is 0.237 e. The third kappa shape index (κ3) is 4.05. The highest BCUT2D eigenvalue weighted by atomic mass is 35.5. The highest BCUT2D eigenvalue weighted by Gasteiger charge is 2.36. The molecule has 24 heavy (non-hydrogen) atoms. The zero-order chi connectivity index (χ0) is 16.3. The van der Waals surface area contributed by atoms with E-state index in [1.807, 2.05) is 18.3 Å². The van der Waals surface area contributed by atoms with E-state index in [-0.39, 0.29) is 29.8 Å². The van der Waals surface area contributed by atoms with Gasteiger partial charge in [0.2, 0.25) is 5.91 Å². The van der Waals surface area contributed by atoms with Crippen LogP contribution >= 0.6 is 12.4 Å². The average molecular weight is 348 g/mol. The van der Waals surface area contributed by atoms with Gasteiger partial charge in [0.05, 0.1) is 11.6 Å². The van der Waals surface area contributed by atoms with Gasteiger partial charge in [0, 0.05) is 18.1 Å². The van der Waals surface area contributed by atoms with Crippen LogP contribution in [0, 0.1) is 5.41 Å². The largest absolute Gasteiger partial charge is 0.354 e. The number of aromatic nitrogens is 1. The number of benzene rings is 1. The van der Waals surface area contributed by atoms with Gasteiger partial charge in [-0.3, -0.25) is 9.78 Å². The summed E-state index contributed by atoms with van der Waals surface area (Å²) in [5, 5.41) is 7.60. The van der Waals surface area contributed by atoms with Crippen LogP contribution in [0.3, 0.4) is 0 Å². The van der Waals surface area contributed by atoms with E-state index < -0.39 is 0 Å². The van der Waals surface area contributed by atoms with Gasteiger partial charge in [-0.1, -0.05) is 38.1 Å². The lowest BCUT2D eigenvalue weighted by molar-refractivity contribution is -0.126. The number of halogens is 1. The molecule has 2 heterocycles. The van der Waals surface area contributed by atoms with Crippen molar-refractivity contribution in [2.24, 2.45) is 5.41 Å². The minimum absolute atomic E-state index is 0. The van der Waals surface area contributed by atoms with Crippen LogP contribution in [-0.4, -0.2) is 30.0 Å². The highest BCUT2D eigenvalue weighted by molar-refractivity contribution is 5.85. The van der Waals surface area contributed by atoms with Crippen molar-refractivity contribution in [3.63, 3.8) is 0 Å². The lowest BCUT2D eigenvalue weighted by Gasteiger charge is -2.38. The van der Waals surface area contributed by atoms with Gasteiger partial charge in [-0.25, -0.2) is 0 Å². The molecular formula is C19H26ClN3O. The summed E-state index contributed by atoms with van der Waals surface area (Å²) in [4.78, 5) is 16.9. The van der Waals surface area contributed by atoms with Crippen molar-refractivity contribution >= 4 is 29.2 Å². The number of pyridine rings is 1. The van der Waals surface area contributed by atoms with Gasteiger partial charge in [-0.05, 0) is 42.9 Å². The monoisotopic (exact) mass is 347 g/mol. The maximum absolute atomic E-state index is 12.5. The summed E-state index contributed by atoms with van der Waals surface area (Å²) >= 11 is 0. The predicted octanol–water partition coefficient (Wildman–Crippen LogP) is 3.09. The van der Waals surface area contributed by atoms with E-state index in [4.69, 9.17) is 0 Å². The number of carbonyl (C=O) groups excluding carboxylic acids is 1. The Hall–Kier alpha value is -1.65. The molecule has 1 atom stereocenters. The Labute approximate surface area is 149 Å². The molecule has 1 saturated heterocycles. The number of para-hydroxylation sites is 1. The predicted molar refractivity (Wildman–Crippen MR) is 101 cm³/mol. The maximum atomic E-state index is 12.5. The number of fused-ring (bicyclic) bond motifs is 1. The number of nitrogens with zero attached hydrogens (tertiary/aromatic N) is 1. The number of hydrogen-bond acceptors (Lipinski definition) is 3. The molecule has 0 aliphatic carbocycles. The Morgan fingerprint density at radius 1 is 1.33 bits per heavy atom. The second kappa shape index (κ2) is 7.95. The number of carbonyl (C=O) groups is 1. The summed E-state index contributed by atoms with van der Waals surface area (Å²) in [5.41, 5.74) is 2.23. The summed E-state index contributed by atoms with van der Waals surface area (Å²) in [6, 6.07) is 10.1. The number of piperidine rings is 1. The van der Waals surface area contributed by atoms with Gasteiger partial charge < -0.3 is 10.6 Å². The lowest BCUT2D eigenvalue weighted by Crippen LogP contribution is -2.55. The standard InChI is InChI=1S/C19H25N3O.ClH/c1-19(2)10-5-12-21-17(19)18(23)22-13-9-15-7-3-6-14-8-4-11-20-16(14)15;/h3-4,6-8,11,17,21H,5,9-10,12-13H2,1-2H3,(H,22,23);1H. The van der Waals surface area contributed by atoms with Crippen LogP contribution in [0.1, 0.15) is 32.3 Å². The molecule has 1 aliphatic rings. The van der Waals surface area contributed by atoms with Gasteiger partial charge >= 0.3 is 0 Å². The van der Waals surface area contributed by atoms with Crippen LogP contribution < -0.4 is 10.6 Å². The molecule has 0 saturated carbocycles. The second-order valence-electron chi connectivity index (χ2n) is 7.01. The molecule has 1 unspecified atom stereocenters. The van der Waals surface area contributed by atoms with Gasteiger partial charge in [0.1, 0.15) is 0 Å². The van der Waals surface area contributed by atoms with E-state index in [0.717, 1.165) is 36.7 Å². The summed E-state index contributed by atoms with van der Waals surface area (Å²) in [6.07, 6.45) is 4.84. The molecule has 4 nitrogen and oxygen atoms in total. The van der Waals surface area contributed by atoms with Crippen LogP contribution in [0.2, 0.25) is 0 Å². The van der Waals surface area contributed by atoms with E-state index in [1.165, 1.54) is 5.56 Å². The molecule has 0 radical (unpaired) electrons. The fourth-order valence-corrected chi connectivity index (χ4v) is 3.45. The van der Waals surface area contributed by atoms with Gasteiger partial charge in [-0.15, -0.1) is 12.4 Å². The first-order chi connectivity index (χ1) is 11.1. The molecule has 1 aromatic carbocycles. The van der Waals surface area contributed by atoms with Crippen LogP contribution in [-0.2, 0) is 11.2 Å². The van der Waals surface area contributed by atoms with E-state index in [0.29, 0.717) is 6.54 Å². The molecule has 130 valence electrons. The Kier molecular flexibility index (Phi) is 6.19. The van der Waals surface area contributed by atoms with Crippen molar-refractivity contribution in [3.05, 3.63) is 42.1 Å². The smallest absolute Gasteiger partial charge is 0.237 e. The fourth-order valence-electron chi connectivity index (χ4n) is 3.45. The third-order valence-electron chi connectivity index (χ3n) is 4.80.